The van der Waals surface area contributed by atoms with Gasteiger partial charge in [-0.15, -0.1) is 0 Å². The first-order chi connectivity index (χ1) is 12.8. The summed E-state index contributed by atoms with van der Waals surface area (Å²) in [6, 6.07) is 0. The molecule has 0 aliphatic carbocycles. The molecule has 0 unspecified atom stereocenters. The number of carbonyl (C=O) groups excluding carboxylic acids is 1. The average Bonchev–Trinajstić information content (AvgIpc) is 2.51. The number of rotatable bonds is 9. The number of hydrogen-bond acceptors (Lipinski definition) is 6. The molecule has 1 heterocycles. The first kappa shape index (κ1) is 25.6. The van der Waals surface area contributed by atoms with Crippen LogP contribution in [0.3, 0.4) is 0 Å². The molecule has 1 rings (SSSR count). The van der Waals surface area contributed by atoms with Crippen molar-refractivity contribution in [2.24, 2.45) is 0 Å². The Kier molecular flexibility index (Phi) is 10.1. The van der Waals surface area contributed by atoms with E-state index >= 15 is 0 Å². The fourth-order valence-corrected chi connectivity index (χ4v) is 4.13. The summed E-state index contributed by atoms with van der Waals surface area (Å²) in [5, 5.41) is 10.6. The Morgan fingerprint density at radius 2 is 1.86 bits per heavy atom. The highest BCUT2D eigenvalue weighted by Crippen LogP contribution is 2.28. The Balaban J connectivity index is 2.29. The Labute approximate surface area is 173 Å². The predicted octanol–water partition coefficient (Wildman–Crippen LogP) is 3.48. The third kappa shape index (κ3) is 10.9. The molecular formula is C21H42O6Si. The maximum atomic E-state index is 11.7. The molecule has 0 saturated carbocycles. The molecule has 1 N–H and O–H groups in total. The summed E-state index contributed by atoms with van der Waals surface area (Å²) >= 11 is 0. The van der Waals surface area contributed by atoms with Gasteiger partial charge in [-0.1, -0.05) is 27.2 Å². The molecule has 7 heteroatoms. The quantitative estimate of drug-likeness (QED) is 0.351. The van der Waals surface area contributed by atoms with Gasteiger partial charge in [0.05, 0.1) is 18.3 Å². The van der Waals surface area contributed by atoms with E-state index in [9.17, 15) is 9.90 Å². The van der Waals surface area contributed by atoms with Crippen LogP contribution in [0.15, 0.2) is 0 Å². The summed E-state index contributed by atoms with van der Waals surface area (Å²) in [5.41, 5.74) is -0.435. The number of carbonyl (C=O) groups is 1. The van der Waals surface area contributed by atoms with Crippen LogP contribution in [-0.4, -0.2) is 57.1 Å². The lowest BCUT2D eigenvalue weighted by molar-refractivity contribution is -0.271. The summed E-state index contributed by atoms with van der Waals surface area (Å²) in [6.07, 6.45) is 1.88. The second-order valence-electron chi connectivity index (χ2n) is 10.2. The fraction of sp³-hybridized carbons (Fsp3) is 0.952. The van der Waals surface area contributed by atoms with Crippen LogP contribution in [0.1, 0.15) is 87.5 Å². The van der Waals surface area contributed by atoms with Gasteiger partial charge in [-0.2, -0.15) is 0 Å². The molecule has 0 aromatic heterocycles. The molecule has 0 radical (unpaired) electrons. The Morgan fingerprint density at radius 3 is 2.43 bits per heavy atom. The van der Waals surface area contributed by atoms with E-state index < -0.39 is 27.8 Å². The molecule has 1 aliphatic heterocycles. The SMILES string of the molecule is C[C@H](CCCCC(=O)OC(C)(C)C)O[C@@H]1O[C@@H](C)[C@H](O[SiH2]C(C)(C)C)C[C@H]1O. The minimum absolute atomic E-state index is 0.0492. The van der Waals surface area contributed by atoms with E-state index in [1.54, 1.807) is 0 Å². The molecule has 0 aromatic carbocycles. The highest BCUT2D eigenvalue weighted by Gasteiger charge is 2.37. The van der Waals surface area contributed by atoms with Crippen molar-refractivity contribution in [3.8, 4) is 0 Å². The van der Waals surface area contributed by atoms with Crippen LogP contribution in [0, 0.1) is 0 Å². The zero-order chi connectivity index (χ0) is 21.5. The Morgan fingerprint density at radius 1 is 1.21 bits per heavy atom. The van der Waals surface area contributed by atoms with Crippen LogP contribution >= 0.6 is 0 Å². The van der Waals surface area contributed by atoms with Crippen LogP contribution in [0.5, 0.6) is 0 Å². The highest BCUT2D eigenvalue weighted by molar-refractivity contribution is 6.31. The molecule has 166 valence electrons. The maximum Gasteiger partial charge on any atom is 0.306 e. The van der Waals surface area contributed by atoms with Gasteiger partial charge in [-0.05, 0) is 52.5 Å². The van der Waals surface area contributed by atoms with Crippen molar-refractivity contribution in [1.29, 1.82) is 0 Å². The van der Waals surface area contributed by atoms with Crippen molar-refractivity contribution in [2.45, 2.75) is 129 Å². The molecule has 0 bridgehead atoms. The summed E-state index contributed by atoms with van der Waals surface area (Å²) in [5.74, 6) is -0.161. The highest BCUT2D eigenvalue weighted by atomic mass is 28.2. The van der Waals surface area contributed by atoms with Crippen LogP contribution in [-0.2, 0) is 23.4 Å². The van der Waals surface area contributed by atoms with Crippen molar-refractivity contribution < 1.29 is 28.5 Å². The predicted molar refractivity (Wildman–Crippen MR) is 113 cm³/mol. The number of esters is 1. The lowest BCUT2D eigenvalue weighted by atomic mass is 10.0. The maximum absolute atomic E-state index is 11.7. The van der Waals surface area contributed by atoms with Crippen LogP contribution in [0.4, 0.5) is 0 Å². The molecule has 1 aliphatic rings. The minimum atomic E-state index is -0.690. The first-order valence-electron chi connectivity index (χ1n) is 10.6. The van der Waals surface area contributed by atoms with Gasteiger partial charge >= 0.3 is 5.97 Å². The summed E-state index contributed by atoms with van der Waals surface area (Å²) in [7, 11) is -0.690. The smallest absolute Gasteiger partial charge is 0.306 e. The zero-order valence-electron chi connectivity index (χ0n) is 19.1. The van der Waals surface area contributed by atoms with E-state index in [2.05, 4.69) is 20.8 Å². The lowest BCUT2D eigenvalue weighted by Crippen LogP contribution is -2.49. The molecule has 0 aromatic rings. The van der Waals surface area contributed by atoms with Gasteiger partial charge in [0.1, 0.15) is 11.7 Å². The number of ether oxygens (including phenoxy) is 3. The normalized spacial score (nSPS) is 27.9. The van der Waals surface area contributed by atoms with E-state index in [4.69, 9.17) is 18.6 Å². The molecule has 6 nitrogen and oxygen atoms in total. The van der Waals surface area contributed by atoms with E-state index in [1.807, 2.05) is 34.6 Å². The Hall–Kier alpha value is -0.473. The molecule has 0 amide bonds. The fourth-order valence-electron chi connectivity index (χ4n) is 3.00. The van der Waals surface area contributed by atoms with Gasteiger partial charge < -0.3 is 23.7 Å². The van der Waals surface area contributed by atoms with Crippen molar-refractivity contribution in [1.82, 2.24) is 0 Å². The van der Waals surface area contributed by atoms with Gasteiger partial charge in [-0.25, -0.2) is 0 Å². The van der Waals surface area contributed by atoms with Gasteiger partial charge in [-0.3, -0.25) is 4.79 Å². The van der Waals surface area contributed by atoms with Crippen molar-refractivity contribution in [3.63, 3.8) is 0 Å². The first-order valence-corrected chi connectivity index (χ1v) is 11.9. The Bertz CT molecular complexity index is 470. The lowest BCUT2D eigenvalue weighted by Gasteiger charge is -2.39. The molecule has 0 spiro atoms. The molecular weight excluding hydrogens is 376 g/mol. The number of aliphatic hydroxyl groups excluding tert-OH is 1. The molecule has 5 atom stereocenters. The summed E-state index contributed by atoms with van der Waals surface area (Å²) < 4.78 is 23.2. The summed E-state index contributed by atoms with van der Waals surface area (Å²) in [6.45, 7) is 16.1. The number of aliphatic hydroxyl groups is 1. The van der Waals surface area contributed by atoms with Crippen molar-refractivity contribution >= 4 is 15.7 Å². The van der Waals surface area contributed by atoms with E-state index in [1.165, 1.54) is 0 Å². The van der Waals surface area contributed by atoms with Crippen molar-refractivity contribution in [2.75, 3.05) is 0 Å². The largest absolute Gasteiger partial charge is 0.460 e. The monoisotopic (exact) mass is 418 g/mol. The number of hydrogen-bond donors (Lipinski definition) is 1. The van der Waals surface area contributed by atoms with Crippen molar-refractivity contribution in [3.05, 3.63) is 0 Å². The van der Waals surface area contributed by atoms with Gasteiger partial charge in [0, 0.05) is 12.8 Å². The zero-order valence-corrected chi connectivity index (χ0v) is 20.5. The third-order valence-corrected chi connectivity index (χ3v) is 5.88. The second-order valence-corrected chi connectivity index (χ2v) is 12.9. The van der Waals surface area contributed by atoms with Crippen LogP contribution in [0.2, 0.25) is 5.04 Å². The molecule has 28 heavy (non-hydrogen) atoms. The van der Waals surface area contributed by atoms with Gasteiger partial charge in [0.15, 0.2) is 16.1 Å². The second kappa shape index (κ2) is 11.1. The number of unbranched alkanes of at least 4 members (excludes halogenated alkanes) is 1. The molecule has 1 fully saturated rings. The standard InChI is InChI=1S/C21H42O6Si/c1-14(11-9-10-12-18(23)26-20(3,4)5)24-19-16(22)13-17(15(2)25-19)27-28-21(6,7)8/h14-17,19,22H,9-13,28H2,1-8H3/t14-,15+,16-,17-,19-/m1/s1. The van der Waals surface area contributed by atoms with Gasteiger partial charge in [0.25, 0.3) is 0 Å². The van der Waals surface area contributed by atoms with Gasteiger partial charge in [0.2, 0.25) is 0 Å². The molecule has 1 saturated heterocycles. The van der Waals surface area contributed by atoms with E-state index in [0.717, 1.165) is 19.3 Å². The van der Waals surface area contributed by atoms with Crippen LogP contribution in [0.25, 0.3) is 0 Å². The third-order valence-electron chi connectivity index (χ3n) is 4.42. The summed E-state index contributed by atoms with van der Waals surface area (Å²) in [4.78, 5) is 11.7. The van der Waals surface area contributed by atoms with E-state index in [0.29, 0.717) is 12.8 Å². The van der Waals surface area contributed by atoms with Crippen LogP contribution < -0.4 is 0 Å². The topological polar surface area (TPSA) is 74.2 Å². The minimum Gasteiger partial charge on any atom is -0.460 e. The average molecular weight is 419 g/mol. The van der Waals surface area contributed by atoms with E-state index in [-0.39, 0.29) is 29.3 Å².